The molecule has 2 aromatic carbocycles. The Morgan fingerprint density at radius 1 is 1.14 bits per heavy atom. The molecule has 1 aliphatic carbocycles. The van der Waals surface area contributed by atoms with E-state index < -0.39 is 0 Å². The molecule has 0 saturated heterocycles. The molecule has 1 fully saturated rings. The second kappa shape index (κ2) is 11.4. The lowest BCUT2D eigenvalue weighted by Gasteiger charge is -2.41. The minimum atomic E-state index is -0.247. The fraction of sp³-hybridized carbons (Fsp3) is 0.500. The summed E-state index contributed by atoms with van der Waals surface area (Å²) in [6, 6.07) is 15.3. The normalized spacial score (nSPS) is 19.0. The number of nitrogens with zero attached hydrogens (tertiary/aromatic N) is 2. The van der Waals surface area contributed by atoms with Crippen molar-refractivity contribution in [3.8, 4) is 5.75 Å². The first-order valence-electron chi connectivity index (χ1n) is 13.0. The number of halogens is 1. The van der Waals surface area contributed by atoms with Crippen LogP contribution in [0.15, 0.2) is 54.6 Å². The van der Waals surface area contributed by atoms with E-state index in [4.69, 9.17) is 4.74 Å². The molecule has 4 nitrogen and oxygen atoms in total. The van der Waals surface area contributed by atoms with Gasteiger partial charge in [0.25, 0.3) is 0 Å². The average molecular weight is 479 g/mol. The maximum atomic E-state index is 13.9. The van der Waals surface area contributed by atoms with E-state index >= 15 is 0 Å². The highest BCUT2D eigenvalue weighted by Crippen LogP contribution is 2.38. The number of hydrogen-bond donors (Lipinski definition) is 0. The van der Waals surface area contributed by atoms with Gasteiger partial charge in [-0.05, 0) is 55.0 Å². The number of benzene rings is 2. The standard InChI is InChI=1S/C30H39FN2O2/c1-30(16-8-5-9-17-30)29(34)32(2)26(20-23-10-6-4-7-11-23)22-33-18-14-24(15-19-33)27-21-25(31)12-13-28(27)35-3/h4,6-7,10-14,21,26H,5,8-9,15-20,22H2,1-3H3. The van der Waals surface area contributed by atoms with Crippen LogP contribution in [0.2, 0.25) is 0 Å². The second-order valence-corrected chi connectivity index (χ2v) is 10.5. The van der Waals surface area contributed by atoms with Gasteiger partial charge in [0.1, 0.15) is 11.6 Å². The van der Waals surface area contributed by atoms with Gasteiger partial charge >= 0.3 is 0 Å². The summed E-state index contributed by atoms with van der Waals surface area (Å²) >= 11 is 0. The summed E-state index contributed by atoms with van der Waals surface area (Å²) < 4.78 is 19.4. The molecule has 1 amide bonds. The van der Waals surface area contributed by atoms with Crippen LogP contribution in [-0.4, -0.2) is 55.5 Å². The largest absolute Gasteiger partial charge is 0.496 e. The second-order valence-electron chi connectivity index (χ2n) is 10.5. The van der Waals surface area contributed by atoms with Gasteiger partial charge in [0.05, 0.1) is 7.11 Å². The Morgan fingerprint density at radius 2 is 1.89 bits per heavy atom. The topological polar surface area (TPSA) is 32.8 Å². The van der Waals surface area contributed by atoms with Gasteiger partial charge in [-0.3, -0.25) is 9.69 Å². The molecule has 0 radical (unpaired) electrons. The molecule has 188 valence electrons. The minimum Gasteiger partial charge on any atom is -0.496 e. The molecule has 0 spiro atoms. The van der Waals surface area contributed by atoms with Gasteiger partial charge in [-0.25, -0.2) is 4.39 Å². The van der Waals surface area contributed by atoms with Crippen molar-refractivity contribution in [3.05, 3.63) is 71.6 Å². The Kier molecular flexibility index (Phi) is 8.27. The van der Waals surface area contributed by atoms with Gasteiger partial charge in [0, 0.05) is 43.7 Å². The fourth-order valence-electron chi connectivity index (χ4n) is 5.70. The predicted octanol–water partition coefficient (Wildman–Crippen LogP) is 5.96. The average Bonchev–Trinajstić information content (AvgIpc) is 2.89. The highest BCUT2D eigenvalue weighted by atomic mass is 19.1. The molecule has 0 aromatic heterocycles. The number of carbonyl (C=O) groups excluding carboxylic acids is 1. The van der Waals surface area contributed by atoms with E-state index in [0.717, 1.165) is 69.3 Å². The van der Waals surface area contributed by atoms with Crippen molar-refractivity contribution < 1.29 is 13.9 Å². The first-order valence-corrected chi connectivity index (χ1v) is 13.0. The highest BCUT2D eigenvalue weighted by Gasteiger charge is 2.38. The van der Waals surface area contributed by atoms with Gasteiger partial charge in [0.15, 0.2) is 0 Å². The molecule has 1 aliphatic heterocycles. The summed E-state index contributed by atoms with van der Waals surface area (Å²) in [7, 11) is 3.62. The molecular weight excluding hydrogens is 439 g/mol. The van der Waals surface area contributed by atoms with Crippen molar-refractivity contribution in [2.75, 3.05) is 33.8 Å². The highest BCUT2D eigenvalue weighted by molar-refractivity contribution is 5.82. The third-order valence-electron chi connectivity index (χ3n) is 7.93. The Bertz CT molecular complexity index is 1030. The van der Waals surface area contributed by atoms with Crippen molar-refractivity contribution >= 4 is 11.5 Å². The van der Waals surface area contributed by atoms with Gasteiger partial charge in [-0.1, -0.05) is 62.6 Å². The Balaban J connectivity index is 1.49. The molecule has 1 heterocycles. The number of rotatable bonds is 8. The van der Waals surface area contributed by atoms with Crippen molar-refractivity contribution in [2.45, 2.75) is 57.9 Å². The quantitative estimate of drug-likeness (QED) is 0.469. The first-order chi connectivity index (χ1) is 16.9. The zero-order chi connectivity index (χ0) is 24.8. The van der Waals surface area contributed by atoms with Crippen LogP contribution in [0.1, 0.15) is 56.6 Å². The number of carbonyl (C=O) groups is 1. The summed E-state index contributed by atoms with van der Waals surface area (Å²) in [5.74, 6) is 0.748. The van der Waals surface area contributed by atoms with E-state index in [-0.39, 0.29) is 23.2 Å². The molecule has 1 saturated carbocycles. The Labute approximate surface area is 209 Å². The first kappa shape index (κ1) is 25.4. The van der Waals surface area contributed by atoms with E-state index in [1.807, 2.05) is 18.0 Å². The van der Waals surface area contributed by atoms with Gasteiger partial charge < -0.3 is 9.64 Å². The summed E-state index contributed by atoms with van der Waals surface area (Å²) in [6.45, 7) is 4.62. The number of likely N-dealkylation sites (N-methyl/N-ethyl adjacent to an activating group) is 1. The lowest BCUT2D eigenvalue weighted by atomic mass is 9.74. The van der Waals surface area contributed by atoms with E-state index in [0.29, 0.717) is 5.75 Å². The van der Waals surface area contributed by atoms with Crippen LogP contribution in [0.3, 0.4) is 0 Å². The third kappa shape index (κ3) is 6.13. The molecule has 1 unspecified atom stereocenters. The number of amides is 1. The lowest BCUT2D eigenvalue weighted by Crippen LogP contribution is -2.51. The zero-order valence-corrected chi connectivity index (χ0v) is 21.4. The molecule has 2 aliphatic rings. The van der Waals surface area contributed by atoms with Crippen LogP contribution in [0.25, 0.3) is 5.57 Å². The summed E-state index contributed by atoms with van der Waals surface area (Å²) in [5, 5.41) is 0. The van der Waals surface area contributed by atoms with Crippen LogP contribution in [-0.2, 0) is 11.2 Å². The summed E-state index contributed by atoms with van der Waals surface area (Å²) in [4.78, 5) is 18.1. The van der Waals surface area contributed by atoms with Crippen molar-refractivity contribution in [2.24, 2.45) is 5.41 Å². The summed E-state index contributed by atoms with van der Waals surface area (Å²) in [6.07, 6.45) is 9.34. The van der Waals surface area contributed by atoms with Crippen LogP contribution in [0, 0.1) is 11.2 Å². The van der Waals surface area contributed by atoms with E-state index in [9.17, 15) is 9.18 Å². The maximum Gasteiger partial charge on any atom is 0.228 e. The third-order valence-corrected chi connectivity index (χ3v) is 7.93. The summed E-state index contributed by atoms with van der Waals surface area (Å²) in [5.41, 5.74) is 2.97. The Hall–Kier alpha value is -2.66. The van der Waals surface area contributed by atoms with E-state index in [1.165, 1.54) is 18.1 Å². The van der Waals surface area contributed by atoms with Gasteiger partial charge in [-0.2, -0.15) is 0 Å². The molecule has 35 heavy (non-hydrogen) atoms. The minimum absolute atomic E-state index is 0.0994. The SMILES string of the molecule is COc1ccc(F)cc1C1=CCN(CC(Cc2ccccc2)N(C)C(=O)C2(C)CCCCC2)CC1. The van der Waals surface area contributed by atoms with E-state index in [1.54, 1.807) is 19.2 Å². The van der Waals surface area contributed by atoms with Crippen LogP contribution in [0.4, 0.5) is 4.39 Å². The van der Waals surface area contributed by atoms with Gasteiger partial charge in [-0.15, -0.1) is 0 Å². The van der Waals surface area contributed by atoms with Crippen LogP contribution < -0.4 is 4.74 Å². The van der Waals surface area contributed by atoms with Crippen molar-refractivity contribution in [1.29, 1.82) is 0 Å². The molecule has 0 bridgehead atoms. The monoisotopic (exact) mass is 478 g/mol. The predicted molar refractivity (Wildman–Crippen MR) is 140 cm³/mol. The molecule has 0 N–H and O–H groups in total. The van der Waals surface area contributed by atoms with Crippen molar-refractivity contribution in [3.63, 3.8) is 0 Å². The van der Waals surface area contributed by atoms with Crippen LogP contribution >= 0.6 is 0 Å². The maximum absolute atomic E-state index is 13.9. The van der Waals surface area contributed by atoms with Crippen molar-refractivity contribution in [1.82, 2.24) is 9.80 Å². The zero-order valence-electron chi connectivity index (χ0n) is 21.4. The fourth-order valence-corrected chi connectivity index (χ4v) is 5.70. The number of methoxy groups -OCH3 is 1. The molecule has 2 aromatic rings. The van der Waals surface area contributed by atoms with Gasteiger partial charge in [0.2, 0.25) is 5.91 Å². The molecular formula is C30H39FN2O2. The van der Waals surface area contributed by atoms with E-state index in [2.05, 4.69) is 42.2 Å². The number of ether oxygens (including phenoxy) is 1. The Morgan fingerprint density at radius 3 is 2.54 bits per heavy atom. The smallest absolute Gasteiger partial charge is 0.228 e. The number of hydrogen-bond acceptors (Lipinski definition) is 3. The lowest BCUT2D eigenvalue weighted by molar-refractivity contribution is -0.144. The molecule has 1 atom stereocenters. The van der Waals surface area contributed by atoms with Crippen LogP contribution in [0.5, 0.6) is 5.75 Å². The molecule has 4 rings (SSSR count). The molecule has 5 heteroatoms.